The number of carbonyl (C=O) groups excluding carboxylic acids is 2. The third-order valence-electron chi connectivity index (χ3n) is 3.82. The van der Waals surface area contributed by atoms with Crippen molar-refractivity contribution in [3.8, 4) is 0 Å². The van der Waals surface area contributed by atoms with Crippen molar-refractivity contribution in [2.75, 3.05) is 0 Å². The van der Waals surface area contributed by atoms with E-state index in [1.54, 1.807) is 6.92 Å². The van der Waals surface area contributed by atoms with Gasteiger partial charge in [-0.05, 0) is 6.42 Å². The Labute approximate surface area is 156 Å². The van der Waals surface area contributed by atoms with Gasteiger partial charge in [-0.2, -0.15) is 4.98 Å². The maximum Gasteiger partial charge on any atom is 0.249 e. The molecule has 1 aromatic heterocycles. The Morgan fingerprint density at radius 2 is 2.00 bits per heavy atom. The highest BCUT2D eigenvalue weighted by molar-refractivity contribution is 5.85. The minimum Gasteiger partial charge on any atom is -0.383 e. The van der Waals surface area contributed by atoms with Gasteiger partial charge in [-0.1, -0.05) is 32.9 Å². The van der Waals surface area contributed by atoms with Crippen molar-refractivity contribution in [1.29, 1.82) is 0 Å². The van der Waals surface area contributed by atoms with Gasteiger partial charge < -0.3 is 20.7 Å². The van der Waals surface area contributed by atoms with E-state index in [1.807, 2.05) is 20.8 Å². The number of aliphatic hydroxyl groups excluding tert-OH is 1. The van der Waals surface area contributed by atoms with Crippen molar-refractivity contribution in [3.05, 3.63) is 18.1 Å². The molecule has 0 aliphatic carbocycles. The zero-order valence-electron chi connectivity index (χ0n) is 16.0. The van der Waals surface area contributed by atoms with Gasteiger partial charge in [0.1, 0.15) is 6.10 Å². The Morgan fingerprint density at radius 1 is 1.37 bits per heavy atom. The largest absolute Gasteiger partial charge is 0.383 e. The van der Waals surface area contributed by atoms with E-state index in [-0.39, 0.29) is 5.82 Å². The number of nitrogens with two attached hydrogens (primary N) is 1. The predicted octanol–water partition coefficient (Wildman–Crippen LogP) is 1.79. The van der Waals surface area contributed by atoms with Crippen LogP contribution in [0, 0.1) is 6.42 Å². The molecule has 4 N–H and O–H groups in total. The summed E-state index contributed by atoms with van der Waals surface area (Å²) in [7, 11) is 0. The molecule has 0 saturated carbocycles. The number of carbonyl (C=O) groups is 2. The molecule has 8 nitrogen and oxygen atoms in total. The van der Waals surface area contributed by atoms with Crippen LogP contribution in [0.25, 0.3) is 0 Å². The molecule has 153 valence electrons. The van der Waals surface area contributed by atoms with Gasteiger partial charge in [-0.25, -0.2) is 8.78 Å². The predicted molar refractivity (Wildman–Crippen MR) is 92.5 cm³/mol. The van der Waals surface area contributed by atoms with Crippen molar-refractivity contribution < 1.29 is 28.0 Å². The first-order valence-corrected chi connectivity index (χ1v) is 8.67. The van der Waals surface area contributed by atoms with Crippen molar-refractivity contribution in [2.45, 2.75) is 76.9 Å². The molecule has 0 unspecified atom stereocenters. The minimum atomic E-state index is -3.22. The standard InChI is InChI=1S/C17H27F2N4O4/c1-5-10(13(26)14-22-15(27-23-14)16(2,3)4)21-12(25)7-9-17(18,19)8-6-11(20)24/h7,10,13,26H,5-6,8-9H2,1-4H3,(H2,20,24)(H,21,25)/t10-,13-/m0/s1. The van der Waals surface area contributed by atoms with Crippen LogP contribution in [0.5, 0.6) is 0 Å². The van der Waals surface area contributed by atoms with Crippen LogP contribution in [0.1, 0.15) is 71.2 Å². The van der Waals surface area contributed by atoms with Gasteiger partial charge in [0.15, 0.2) is 0 Å². The zero-order valence-corrected chi connectivity index (χ0v) is 16.0. The van der Waals surface area contributed by atoms with Crippen molar-refractivity contribution >= 4 is 11.8 Å². The third kappa shape index (κ3) is 7.58. The number of alkyl halides is 2. The Balaban J connectivity index is 2.62. The minimum absolute atomic E-state index is 0.0128. The summed E-state index contributed by atoms with van der Waals surface area (Å²) in [5, 5.41) is 16.6. The van der Waals surface area contributed by atoms with Crippen LogP contribution in [-0.4, -0.2) is 39.0 Å². The maximum atomic E-state index is 13.6. The lowest BCUT2D eigenvalue weighted by atomic mass is 9.97. The van der Waals surface area contributed by atoms with Gasteiger partial charge in [-0.15, -0.1) is 0 Å². The second kappa shape index (κ2) is 9.20. The summed E-state index contributed by atoms with van der Waals surface area (Å²) in [4.78, 5) is 26.7. The van der Waals surface area contributed by atoms with Gasteiger partial charge in [0.2, 0.25) is 29.5 Å². The van der Waals surface area contributed by atoms with Crippen molar-refractivity contribution in [3.63, 3.8) is 0 Å². The van der Waals surface area contributed by atoms with Gasteiger partial charge in [-0.3, -0.25) is 9.59 Å². The van der Waals surface area contributed by atoms with Gasteiger partial charge >= 0.3 is 0 Å². The van der Waals surface area contributed by atoms with Crippen LogP contribution < -0.4 is 11.1 Å². The quantitative estimate of drug-likeness (QED) is 0.559. The van der Waals surface area contributed by atoms with E-state index in [4.69, 9.17) is 10.3 Å². The molecule has 27 heavy (non-hydrogen) atoms. The Kier molecular flexibility index (Phi) is 7.82. The summed E-state index contributed by atoms with van der Waals surface area (Å²) >= 11 is 0. The highest BCUT2D eigenvalue weighted by atomic mass is 19.3. The second-order valence-corrected chi connectivity index (χ2v) is 7.41. The molecule has 0 saturated heterocycles. The fourth-order valence-electron chi connectivity index (χ4n) is 2.14. The monoisotopic (exact) mass is 389 g/mol. The molecule has 2 atom stereocenters. The molecule has 0 bridgehead atoms. The van der Waals surface area contributed by atoms with E-state index >= 15 is 0 Å². The lowest BCUT2D eigenvalue weighted by Crippen LogP contribution is -2.40. The first-order valence-electron chi connectivity index (χ1n) is 8.67. The van der Waals surface area contributed by atoms with E-state index in [1.165, 1.54) is 0 Å². The third-order valence-corrected chi connectivity index (χ3v) is 3.82. The smallest absolute Gasteiger partial charge is 0.249 e. The van der Waals surface area contributed by atoms with E-state index in [0.29, 0.717) is 12.3 Å². The number of hydrogen-bond donors (Lipinski definition) is 3. The Morgan fingerprint density at radius 3 is 2.48 bits per heavy atom. The SMILES string of the molecule is CC[C@H](NC(=O)[CH]CC(F)(F)CCC(N)=O)[C@H](O)c1noc(C(C)(C)C)n1. The number of primary amides is 1. The molecule has 1 heterocycles. The summed E-state index contributed by atoms with van der Waals surface area (Å²) in [6.07, 6.45) is -2.18. The summed E-state index contributed by atoms with van der Waals surface area (Å²) in [5.41, 5.74) is 4.44. The number of hydrogen-bond acceptors (Lipinski definition) is 6. The van der Waals surface area contributed by atoms with Crippen molar-refractivity contribution in [2.24, 2.45) is 5.73 Å². The molecule has 1 rings (SSSR count). The van der Waals surface area contributed by atoms with Crippen LogP contribution in [0.2, 0.25) is 0 Å². The molecule has 0 aliphatic heterocycles. The fourth-order valence-corrected chi connectivity index (χ4v) is 2.14. The van der Waals surface area contributed by atoms with E-state index in [2.05, 4.69) is 15.5 Å². The highest BCUT2D eigenvalue weighted by Crippen LogP contribution is 2.26. The number of nitrogens with zero attached hydrogens (tertiary/aromatic N) is 2. The Hall–Kier alpha value is -2.10. The number of amides is 2. The van der Waals surface area contributed by atoms with Crippen LogP contribution >= 0.6 is 0 Å². The van der Waals surface area contributed by atoms with E-state index < -0.39 is 54.6 Å². The van der Waals surface area contributed by atoms with E-state index in [9.17, 15) is 23.5 Å². The summed E-state index contributed by atoms with van der Waals surface area (Å²) in [6, 6.07) is -0.779. The average molecular weight is 389 g/mol. The lowest BCUT2D eigenvalue weighted by Gasteiger charge is -2.21. The molecule has 10 heteroatoms. The van der Waals surface area contributed by atoms with Crippen molar-refractivity contribution in [1.82, 2.24) is 15.5 Å². The molecule has 0 aliphatic rings. The number of aliphatic hydroxyl groups is 1. The normalized spacial score (nSPS) is 14.6. The molecule has 1 aromatic rings. The summed E-state index contributed by atoms with van der Waals surface area (Å²) < 4.78 is 32.3. The zero-order chi connectivity index (χ0) is 20.8. The number of halogens is 2. The molecular weight excluding hydrogens is 362 g/mol. The first kappa shape index (κ1) is 22.9. The van der Waals surface area contributed by atoms with E-state index in [0.717, 1.165) is 6.42 Å². The first-order chi connectivity index (χ1) is 12.4. The topological polar surface area (TPSA) is 131 Å². The van der Waals surface area contributed by atoms with Gasteiger partial charge in [0.05, 0.1) is 12.5 Å². The van der Waals surface area contributed by atoms with Gasteiger partial charge in [0, 0.05) is 24.7 Å². The molecule has 2 amide bonds. The summed E-state index contributed by atoms with van der Waals surface area (Å²) in [6.45, 7) is 7.30. The van der Waals surface area contributed by atoms with Gasteiger partial charge in [0.25, 0.3) is 0 Å². The van der Waals surface area contributed by atoms with Crippen LogP contribution in [0.3, 0.4) is 0 Å². The number of rotatable bonds is 10. The molecule has 0 spiro atoms. The molecule has 1 radical (unpaired) electrons. The van der Waals surface area contributed by atoms with Crippen LogP contribution in [0.15, 0.2) is 4.52 Å². The molecule has 0 fully saturated rings. The van der Waals surface area contributed by atoms with Crippen LogP contribution in [0.4, 0.5) is 8.78 Å². The second-order valence-electron chi connectivity index (χ2n) is 7.41. The molecule has 0 aromatic carbocycles. The number of nitrogens with one attached hydrogen (secondary N) is 1. The average Bonchev–Trinajstić information content (AvgIpc) is 3.06. The number of aromatic nitrogens is 2. The summed E-state index contributed by atoms with van der Waals surface area (Å²) in [5.74, 6) is -4.47. The fraction of sp³-hybridized carbons (Fsp3) is 0.706. The highest BCUT2D eigenvalue weighted by Gasteiger charge is 2.32. The van der Waals surface area contributed by atoms with Crippen LogP contribution in [-0.2, 0) is 15.0 Å². The molecular formula is C17H27F2N4O4. The Bertz CT molecular complexity index is 643. The maximum absolute atomic E-state index is 13.6. The lowest BCUT2D eigenvalue weighted by molar-refractivity contribution is -0.121.